The highest BCUT2D eigenvalue weighted by atomic mass is 16.3. The minimum Gasteiger partial charge on any atom is -0.393 e. The molecule has 0 aromatic carbocycles. The molecule has 0 bridgehead atoms. The molecule has 2 aliphatic carbocycles. The summed E-state index contributed by atoms with van der Waals surface area (Å²) in [7, 11) is 0. The molecule has 0 heterocycles. The number of aliphatic hydroxyl groups excluding tert-OH is 1. The van der Waals surface area contributed by atoms with Crippen molar-refractivity contribution in [1.82, 2.24) is 0 Å². The maximum Gasteiger partial charge on any atom is 0.142 e. The zero-order valence-electron chi connectivity index (χ0n) is 7.00. The fourth-order valence-corrected chi connectivity index (χ4v) is 2.66. The average molecular weight is 154 g/mol. The lowest BCUT2D eigenvalue weighted by Crippen LogP contribution is -2.51. The first-order valence-corrected chi connectivity index (χ1v) is 4.26. The van der Waals surface area contributed by atoms with E-state index in [0.717, 1.165) is 6.42 Å². The van der Waals surface area contributed by atoms with Gasteiger partial charge in [0.2, 0.25) is 0 Å². The highest BCUT2D eigenvalue weighted by molar-refractivity contribution is 5.93. The van der Waals surface area contributed by atoms with Gasteiger partial charge in [-0.05, 0) is 18.8 Å². The number of aliphatic hydroxyl groups is 1. The van der Waals surface area contributed by atoms with E-state index in [1.165, 1.54) is 0 Å². The summed E-state index contributed by atoms with van der Waals surface area (Å²) in [6.45, 7) is 3.99. The van der Waals surface area contributed by atoms with E-state index in [1.807, 2.05) is 13.8 Å². The Morgan fingerprint density at radius 1 is 1.45 bits per heavy atom. The lowest BCUT2D eigenvalue weighted by atomic mass is 9.56. The summed E-state index contributed by atoms with van der Waals surface area (Å²) < 4.78 is 0. The summed E-state index contributed by atoms with van der Waals surface area (Å²) >= 11 is 0. The van der Waals surface area contributed by atoms with Crippen LogP contribution in [0.15, 0.2) is 0 Å². The summed E-state index contributed by atoms with van der Waals surface area (Å²) in [5, 5.41) is 9.31. The van der Waals surface area contributed by atoms with Crippen LogP contribution in [0, 0.1) is 17.3 Å². The summed E-state index contributed by atoms with van der Waals surface area (Å²) in [6, 6.07) is 0. The molecule has 0 unspecified atom stereocenters. The minimum atomic E-state index is -0.212. The Balaban J connectivity index is 2.20. The largest absolute Gasteiger partial charge is 0.393 e. The van der Waals surface area contributed by atoms with Crippen LogP contribution in [0.25, 0.3) is 0 Å². The Hall–Kier alpha value is -0.370. The summed E-state index contributed by atoms with van der Waals surface area (Å²) in [4.78, 5) is 11.4. The standard InChI is InChI=1S/C9H14O2/c1-9(2)7-4-5(10)3-6(7)8(9)11/h5-7,10H,3-4H2,1-2H3/t5-,6+,7-/m0/s1. The Labute approximate surface area is 66.6 Å². The van der Waals surface area contributed by atoms with Crippen LogP contribution in [0.5, 0.6) is 0 Å². The molecule has 2 rings (SSSR count). The first-order chi connectivity index (χ1) is 5.03. The number of Topliss-reactive ketones (excluding diaryl/α,β-unsaturated/α-hetero) is 1. The summed E-state index contributed by atoms with van der Waals surface area (Å²) in [5.41, 5.74) is -0.137. The molecule has 0 radical (unpaired) electrons. The monoisotopic (exact) mass is 154 g/mol. The van der Waals surface area contributed by atoms with Gasteiger partial charge in [-0.3, -0.25) is 4.79 Å². The van der Waals surface area contributed by atoms with Crippen LogP contribution in [0.3, 0.4) is 0 Å². The Morgan fingerprint density at radius 3 is 2.64 bits per heavy atom. The molecule has 0 amide bonds. The van der Waals surface area contributed by atoms with E-state index >= 15 is 0 Å². The van der Waals surface area contributed by atoms with Gasteiger partial charge in [-0.25, -0.2) is 0 Å². The smallest absolute Gasteiger partial charge is 0.142 e. The molecule has 2 aliphatic rings. The Bertz CT molecular complexity index is 208. The van der Waals surface area contributed by atoms with Gasteiger partial charge in [0.15, 0.2) is 0 Å². The minimum absolute atomic E-state index is 0.137. The van der Waals surface area contributed by atoms with Gasteiger partial charge in [-0.15, -0.1) is 0 Å². The third-order valence-electron chi connectivity index (χ3n) is 3.44. The first-order valence-electron chi connectivity index (χ1n) is 4.26. The number of fused-ring (bicyclic) bond motifs is 1. The number of hydrogen-bond donors (Lipinski definition) is 1. The number of carbonyl (C=O) groups excluding carboxylic acids is 1. The zero-order chi connectivity index (χ0) is 8.22. The zero-order valence-corrected chi connectivity index (χ0v) is 7.00. The molecule has 1 N–H and O–H groups in total. The van der Waals surface area contributed by atoms with Crippen LogP contribution in [0.2, 0.25) is 0 Å². The fraction of sp³-hybridized carbons (Fsp3) is 0.889. The van der Waals surface area contributed by atoms with Crippen molar-refractivity contribution in [3.05, 3.63) is 0 Å². The van der Waals surface area contributed by atoms with Crippen molar-refractivity contribution in [3.63, 3.8) is 0 Å². The highest BCUT2D eigenvalue weighted by Crippen LogP contribution is 2.55. The quantitative estimate of drug-likeness (QED) is 0.564. The van der Waals surface area contributed by atoms with Gasteiger partial charge in [-0.1, -0.05) is 13.8 Å². The van der Waals surface area contributed by atoms with Gasteiger partial charge in [0.1, 0.15) is 5.78 Å². The molecule has 2 saturated carbocycles. The second-order valence-electron chi connectivity index (χ2n) is 4.42. The van der Waals surface area contributed by atoms with E-state index in [1.54, 1.807) is 0 Å². The van der Waals surface area contributed by atoms with Gasteiger partial charge in [0.05, 0.1) is 6.10 Å². The van der Waals surface area contributed by atoms with Crippen molar-refractivity contribution in [2.75, 3.05) is 0 Å². The molecule has 0 aromatic heterocycles. The van der Waals surface area contributed by atoms with Gasteiger partial charge in [-0.2, -0.15) is 0 Å². The van der Waals surface area contributed by atoms with Crippen molar-refractivity contribution in [2.45, 2.75) is 32.8 Å². The average Bonchev–Trinajstić information content (AvgIpc) is 2.29. The van der Waals surface area contributed by atoms with Crippen LogP contribution in [-0.2, 0) is 4.79 Å². The molecule has 0 saturated heterocycles. The number of hydrogen-bond acceptors (Lipinski definition) is 2. The van der Waals surface area contributed by atoms with E-state index in [9.17, 15) is 9.90 Å². The number of carbonyl (C=O) groups is 1. The van der Waals surface area contributed by atoms with E-state index in [0.29, 0.717) is 18.1 Å². The molecule has 3 atom stereocenters. The molecule has 11 heavy (non-hydrogen) atoms. The summed E-state index contributed by atoms with van der Waals surface area (Å²) in [6.07, 6.45) is 1.34. The second kappa shape index (κ2) is 1.86. The number of ketones is 1. The molecule has 2 heteroatoms. The van der Waals surface area contributed by atoms with Crippen LogP contribution < -0.4 is 0 Å². The first kappa shape index (κ1) is 7.29. The second-order valence-corrected chi connectivity index (χ2v) is 4.42. The van der Waals surface area contributed by atoms with E-state index < -0.39 is 0 Å². The van der Waals surface area contributed by atoms with Crippen molar-refractivity contribution >= 4 is 5.78 Å². The maximum absolute atomic E-state index is 11.4. The van der Waals surface area contributed by atoms with Crippen LogP contribution in [-0.4, -0.2) is 17.0 Å². The molecule has 0 aromatic rings. The third-order valence-corrected chi connectivity index (χ3v) is 3.44. The Morgan fingerprint density at radius 2 is 2.09 bits per heavy atom. The maximum atomic E-state index is 11.4. The predicted octanol–water partition coefficient (Wildman–Crippen LogP) is 0.982. The van der Waals surface area contributed by atoms with Crippen molar-refractivity contribution in [2.24, 2.45) is 17.3 Å². The Kier molecular flexibility index (Phi) is 1.23. The highest BCUT2D eigenvalue weighted by Gasteiger charge is 2.59. The lowest BCUT2D eigenvalue weighted by Gasteiger charge is -2.45. The van der Waals surface area contributed by atoms with E-state index in [4.69, 9.17) is 0 Å². The van der Waals surface area contributed by atoms with Crippen LogP contribution in [0.4, 0.5) is 0 Å². The van der Waals surface area contributed by atoms with E-state index in [-0.39, 0.29) is 17.4 Å². The lowest BCUT2D eigenvalue weighted by molar-refractivity contribution is -0.150. The molecule has 2 fully saturated rings. The van der Waals surface area contributed by atoms with Gasteiger partial charge in [0, 0.05) is 11.3 Å². The van der Waals surface area contributed by atoms with Crippen LogP contribution >= 0.6 is 0 Å². The van der Waals surface area contributed by atoms with Crippen LogP contribution in [0.1, 0.15) is 26.7 Å². The molecule has 0 spiro atoms. The molecule has 0 aliphatic heterocycles. The van der Waals surface area contributed by atoms with Crippen molar-refractivity contribution < 1.29 is 9.90 Å². The molecule has 62 valence electrons. The normalized spacial score (nSPS) is 46.8. The predicted molar refractivity (Wildman–Crippen MR) is 41.0 cm³/mol. The third kappa shape index (κ3) is 0.734. The molecular weight excluding hydrogens is 140 g/mol. The number of rotatable bonds is 0. The van der Waals surface area contributed by atoms with Gasteiger partial charge < -0.3 is 5.11 Å². The van der Waals surface area contributed by atoms with Crippen molar-refractivity contribution in [3.8, 4) is 0 Å². The summed E-state index contributed by atoms with van der Waals surface area (Å²) in [5.74, 6) is 1.02. The molecular formula is C9H14O2. The van der Waals surface area contributed by atoms with Gasteiger partial charge >= 0.3 is 0 Å². The van der Waals surface area contributed by atoms with E-state index in [2.05, 4.69) is 0 Å². The topological polar surface area (TPSA) is 37.3 Å². The van der Waals surface area contributed by atoms with Gasteiger partial charge in [0.25, 0.3) is 0 Å². The van der Waals surface area contributed by atoms with Crippen molar-refractivity contribution in [1.29, 1.82) is 0 Å². The fourth-order valence-electron chi connectivity index (χ4n) is 2.66. The SMILES string of the molecule is CC1(C)C(=O)[C@@H]2C[C@H](O)C[C@@H]21. The molecule has 2 nitrogen and oxygen atoms in total.